The summed E-state index contributed by atoms with van der Waals surface area (Å²) in [6, 6.07) is 6.63. The maximum Gasteiger partial charge on any atom is 0.490 e. The summed E-state index contributed by atoms with van der Waals surface area (Å²) < 4.78 is 53.7. The van der Waals surface area contributed by atoms with Gasteiger partial charge in [-0.3, -0.25) is 23.7 Å². The van der Waals surface area contributed by atoms with Gasteiger partial charge in [-0.05, 0) is 11.0 Å². The molecular weight excluding hydrogens is 748 g/mol. The highest BCUT2D eigenvalue weighted by atomic mass is 31.3. The van der Waals surface area contributed by atoms with Gasteiger partial charge in [0.05, 0.1) is 31.5 Å². The number of hydrogen-bond donors (Lipinski definition) is 9. The summed E-state index contributed by atoms with van der Waals surface area (Å²) in [5.74, 6) is 4.68. The summed E-state index contributed by atoms with van der Waals surface area (Å²) in [5.41, 5.74) is -0.464. The van der Waals surface area contributed by atoms with Crippen molar-refractivity contribution in [3.05, 3.63) is 74.3 Å². The number of amides is 1. The van der Waals surface area contributed by atoms with Crippen LogP contribution in [0.4, 0.5) is 0 Å². The molecular formula is C24H30BN6O17P3. The topological polar surface area (TPSA) is 344 Å². The molecule has 5 atom stereocenters. The van der Waals surface area contributed by atoms with E-state index in [1.165, 1.54) is 4.68 Å². The molecule has 3 aromatic rings. The van der Waals surface area contributed by atoms with Gasteiger partial charge in [0.1, 0.15) is 17.9 Å². The Balaban J connectivity index is 1.27. The number of rotatable bonds is 15. The summed E-state index contributed by atoms with van der Waals surface area (Å²) >= 11 is 0. The molecule has 276 valence electrons. The average molecular weight is 778 g/mol. The number of aliphatic hydroxyl groups is 1. The highest BCUT2D eigenvalue weighted by molar-refractivity contribution is 7.66. The molecule has 0 spiro atoms. The maximum atomic E-state index is 12.5. The largest absolute Gasteiger partial charge is 0.490 e. The smallest absolute Gasteiger partial charge is 0.423 e. The summed E-state index contributed by atoms with van der Waals surface area (Å²) in [6.07, 6.45) is -1.53. The molecule has 27 heteroatoms. The first kappa shape index (κ1) is 40.2. The van der Waals surface area contributed by atoms with Gasteiger partial charge in [-0.2, -0.15) is 8.62 Å². The van der Waals surface area contributed by atoms with E-state index in [9.17, 15) is 53.0 Å². The molecule has 2 unspecified atom stereocenters. The second-order valence-corrected chi connectivity index (χ2v) is 15.1. The first-order valence-electron chi connectivity index (χ1n) is 14.4. The molecule has 4 rings (SSSR count). The number of ether oxygens (including phenoxy) is 1. The van der Waals surface area contributed by atoms with Crippen LogP contribution in [-0.2, 0) is 49.3 Å². The summed E-state index contributed by atoms with van der Waals surface area (Å²) in [4.78, 5) is 75.2. The number of hydrogen-bond acceptors (Lipinski definition) is 15. The summed E-state index contributed by atoms with van der Waals surface area (Å²) in [5, 5.41) is 39.5. The normalized spacial score (nSPS) is 19.8. The summed E-state index contributed by atoms with van der Waals surface area (Å²) in [6.45, 7) is -0.848. The van der Waals surface area contributed by atoms with Gasteiger partial charge >= 0.3 is 36.3 Å². The van der Waals surface area contributed by atoms with E-state index >= 15 is 0 Å². The van der Waals surface area contributed by atoms with Gasteiger partial charge in [0, 0.05) is 31.7 Å². The second kappa shape index (κ2) is 16.8. The lowest BCUT2D eigenvalue weighted by molar-refractivity contribution is -0.120. The number of aliphatic hydroxyl groups excluding tert-OH is 1. The van der Waals surface area contributed by atoms with Gasteiger partial charge in [-0.1, -0.05) is 41.3 Å². The molecule has 23 nitrogen and oxygen atoms in total. The lowest BCUT2D eigenvalue weighted by Crippen LogP contribution is -2.34. The number of carbonyl (C=O) groups is 1. The molecule has 0 aliphatic carbocycles. The van der Waals surface area contributed by atoms with Gasteiger partial charge in [0.15, 0.2) is 0 Å². The molecule has 1 saturated heterocycles. The van der Waals surface area contributed by atoms with Crippen molar-refractivity contribution in [2.75, 3.05) is 13.2 Å². The van der Waals surface area contributed by atoms with E-state index in [4.69, 9.17) is 14.5 Å². The fourth-order valence-corrected chi connectivity index (χ4v) is 7.51. The number of phosphoric ester groups is 1. The zero-order chi connectivity index (χ0) is 37.6. The Hall–Kier alpha value is -3.62. The number of aryl methyl sites for hydroxylation is 1. The Morgan fingerprint density at radius 2 is 1.86 bits per heavy atom. The van der Waals surface area contributed by atoms with Crippen LogP contribution in [0.3, 0.4) is 0 Å². The molecule has 1 fully saturated rings. The predicted molar refractivity (Wildman–Crippen MR) is 169 cm³/mol. The van der Waals surface area contributed by atoms with Crippen molar-refractivity contribution in [2.24, 2.45) is 0 Å². The highest BCUT2D eigenvalue weighted by Gasteiger charge is 2.43. The average Bonchev–Trinajstić information content (AvgIpc) is 3.61. The van der Waals surface area contributed by atoms with Crippen LogP contribution in [0.15, 0.2) is 46.2 Å². The second-order valence-electron chi connectivity index (χ2n) is 10.6. The lowest BCUT2D eigenvalue weighted by atomic mass is 9.80. The van der Waals surface area contributed by atoms with Gasteiger partial charge in [0.25, 0.3) is 5.56 Å². The number of phosphoric acid groups is 3. The van der Waals surface area contributed by atoms with Gasteiger partial charge in [0.2, 0.25) is 5.91 Å². The van der Waals surface area contributed by atoms with E-state index < -0.39 is 72.8 Å². The quantitative estimate of drug-likeness (QED) is 0.0420. The Bertz CT molecular complexity index is 2060. The molecule has 1 aromatic carbocycles. The first-order valence-corrected chi connectivity index (χ1v) is 18.9. The number of carbonyl (C=O) groups excluding carboxylic acids is 1. The lowest BCUT2D eigenvalue weighted by Gasteiger charge is -2.19. The third-order valence-corrected chi connectivity index (χ3v) is 10.5. The number of nitrogens with one attached hydrogen (secondary N) is 2. The van der Waals surface area contributed by atoms with Gasteiger partial charge in [-0.25, -0.2) is 23.2 Å². The molecule has 0 bridgehead atoms. The van der Waals surface area contributed by atoms with Crippen LogP contribution in [0.1, 0.15) is 35.9 Å². The molecule has 1 aliphatic heterocycles. The van der Waals surface area contributed by atoms with Crippen LogP contribution >= 0.6 is 23.5 Å². The van der Waals surface area contributed by atoms with Crippen LogP contribution in [-0.4, -0.2) is 97.7 Å². The number of aromatic amines is 1. The van der Waals surface area contributed by atoms with Crippen LogP contribution < -0.4 is 22.0 Å². The minimum atomic E-state index is -5.77. The molecule has 0 saturated carbocycles. The number of nitrogens with zero attached hydrogens (tertiary/aromatic N) is 4. The minimum absolute atomic E-state index is 0.0304. The standard InChI is InChI=1S/C24H30BN6O17P3/c32-19-10-22(46-20(19)14-45-50(41,42)48-51(43,44)47-49(38,39)40)31-12-16(23(34)27-24(31)35)4-2-8-26-21(33)7-6-18-13-30(29-28-18)11-15-3-1-5-17(9-15)25(36)37/h1,3,5,9,12-13,19-20,22,32,36-37H,6-8,10-11,14H2,(H,26,33)(H,41,42)(H,43,44)(H,27,34,35)(H2,38,39,40)/t19-,20+,22+/m0/s1. The van der Waals surface area contributed by atoms with Crippen LogP contribution in [0.5, 0.6) is 0 Å². The van der Waals surface area contributed by atoms with E-state index in [0.29, 0.717) is 17.7 Å². The predicted octanol–water partition coefficient (Wildman–Crippen LogP) is -3.05. The van der Waals surface area contributed by atoms with E-state index in [0.717, 1.165) is 16.3 Å². The van der Waals surface area contributed by atoms with Crippen LogP contribution in [0.25, 0.3) is 0 Å². The van der Waals surface area contributed by atoms with E-state index in [1.54, 1.807) is 30.5 Å². The Labute approximate surface area is 286 Å². The number of aromatic nitrogens is 5. The Morgan fingerprint density at radius 3 is 2.57 bits per heavy atom. The maximum absolute atomic E-state index is 12.5. The third-order valence-electron chi connectivity index (χ3n) is 6.69. The molecule has 2 aromatic heterocycles. The molecule has 3 heterocycles. The Kier molecular flexibility index (Phi) is 13.2. The molecule has 1 amide bonds. The summed E-state index contributed by atoms with van der Waals surface area (Å²) in [7, 11) is -18.5. The van der Waals surface area contributed by atoms with Crippen molar-refractivity contribution in [1.82, 2.24) is 29.9 Å². The monoisotopic (exact) mass is 778 g/mol. The molecule has 1 aliphatic rings. The number of H-pyrrole nitrogens is 1. The minimum Gasteiger partial charge on any atom is -0.423 e. The van der Waals surface area contributed by atoms with Crippen molar-refractivity contribution >= 4 is 42.0 Å². The molecule has 51 heavy (non-hydrogen) atoms. The third kappa shape index (κ3) is 12.5. The fourth-order valence-electron chi connectivity index (χ4n) is 4.48. The van der Waals surface area contributed by atoms with Crippen molar-refractivity contribution in [3.63, 3.8) is 0 Å². The van der Waals surface area contributed by atoms with Crippen molar-refractivity contribution in [2.45, 2.75) is 44.2 Å². The van der Waals surface area contributed by atoms with Crippen LogP contribution in [0, 0.1) is 11.8 Å². The van der Waals surface area contributed by atoms with E-state index in [-0.39, 0.29) is 31.4 Å². The zero-order valence-corrected chi connectivity index (χ0v) is 28.5. The fraction of sp³-hybridized carbons (Fsp3) is 0.375. The van der Waals surface area contributed by atoms with Gasteiger partial charge in [-0.15, -0.1) is 5.10 Å². The molecule has 9 N–H and O–H groups in total. The van der Waals surface area contributed by atoms with Gasteiger partial charge < -0.3 is 44.8 Å². The first-order chi connectivity index (χ1) is 23.8. The Morgan fingerprint density at radius 1 is 1.12 bits per heavy atom. The SMILES string of the molecule is O=C(CCc1cn(Cc2cccc(B(O)O)c2)nn1)NCC#Cc1cn([C@H]2C[C@H](O)[C@@H](COP(=O)(O)OP(=O)(O)OP(=O)(O)O)O2)c(=O)[nH]c1=O. The number of benzene rings is 1. The van der Waals surface area contributed by atoms with Crippen molar-refractivity contribution in [1.29, 1.82) is 0 Å². The van der Waals surface area contributed by atoms with Crippen LogP contribution in [0.2, 0.25) is 0 Å². The van der Waals surface area contributed by atoms with E-state index in [1.807, 2.05) is 4.98 Å². The highest BCUT2D eigenvalue weighted by Crippen LogP contribution is 2.66. The zero-order valence-electron chi connectivity index (χ0n) is 25.9. The van der Waals surface area contributed by atoms with Crippen molar-refractivity contribution in [3.8, 4) is 11.8 Å². The molecule has 0 radical (unpaired) electrons. The van der Waals surface area contributed by atoms with E-state index in [2.05, 4.69) is 40.6 Å². The van der Waals surface area contributed by atoms with Crippen molar-refractivity contribution < 1.29 is 71.1 Å².